The lowest BCUT2D eigenvalue weighted by Crippen LogP contribution is -2.14. The lowest BCUT2D eigenvalue weighted by Gasteiger charge is -2.15. The standard InChI is InChI=1S/C19H23NO3S/c1-3-23-17-12-16(14-8-5-4-6-9-14)18(19(21)22-2)20(17)13-15-10-7-11-24-15/h7-8,10-12H,3-6,9,13H2,1-2H3. The van der Waals surface area contributed by atoms with Crippen molar-refractivity contribution in [2.24, 2.45) is 0 Å². The molecule has 0 unspecified atom stereocenters. The second-order valence-corrected chi connectivity index (χ2v) is 6.84. The molecule has 0 spiro atoms. The Morgan fingerprint density at radius 3 is 2.88 bits per heavy atom. The van der Waals surface area contributed by atoms with E-state index < -0.39 is 0 Å². The number of methoxy groups -OCH3 is 1. The fourth-order valence-electron chi connectivity index (χ4n) is 3.15. The van der Waals surface area contributed by atoms with E-state index in [4.69, 9.17) is 9.47 Å². The number of esters is 1. The number of thiophene rings is 1. The van der Waals surface area contributed by atoms with Gasteiger partial charge in [-0.25, -0.2) is 4.79 Å². The van der Waals surface area contributed by atoms with Crippen molar-refractivity contribution in [3.63, 3.8) is 0 Å². The number of carbonyl (C=O) groups excluding carboxylic acids is 1. The van der Waals surface area contributed by atoms with E-state index in [2.05, 4.69) is 12.1 Å². The van der Waals surface area contributed by atoms with Gasteiger partial charge >= 0.3 is 5.97 Å². The van der Waals surface area contributed by atoms with Gasteiger partial charge < -0.3 is 14.0 Å². The summed E-state index contributed by atoms with van der Waals surface area (Å²) >= 11 is 1.67. The van der Waals surface area contributed by atoms with E-state index in [0.717, 1.165) is 30.7 Å². The Labute approximate surface area is 146 Å². The molecule has 2 aromatic rings. The predicted octanol–water partition coefficient (Wildman–Crippen LogP) is 4.74. The van der Waals surface area contributed by atoms with E-state index in [1.54, 1.807) is 11.3 Å². The van der Waals surface area contributed by atoms with E-state index in [1.165, 1.54) is 24.0 Å². The van der Waals surface area contributed by atoms with Crippen LogP contribution in [-0.2, 0) is 11.3 Å². The zero-order valence-electron chi connectivity index (χ0n) is 14.2. The largest absolute Gasteiger partial charge is 0.479 e. The van der Waals surface area contributed by atoms with Gasteiger partial charge in [-0.05, 0) is 49.6 Å². The van der Waals surface area contributed by atoms with Gasteiger partial charge in [-0.3, -0.25) is 0 Å². The highest BCUT2D eigenvalue weighted by Gasteiger charge is 2.25. The predicted molar refractivity (Wildman–Crippen MR) is 96.8 cm³/mol. The number of allylic oxidation sites excluding steroid dienone is 2. The summed E-state index contributed by atoms with van der Waals surface area (Å²) in [4.78, 5) is 13.7. The first kappa shape index (κ1) is 16.8. The molecule has 0 saturated carbocycles. The molecule has 1 aliphatic rings. The van der Waals surface area contributed by atoms with Crippen LogP contribution >= 0.6 is 11.3 Å². The van der Waals surface area contributed by atoms with Crippen molar-refractivity contribution in [2.75, 3.05) is 13.7 Å². The maximum Gasteiger partial charge on any atom is 0.355 e. The normalized spacial score (nSPS) is 14.3. The van der Waals surface area contributed by atoms with E-state index in [0.29, 0.717) is 18.8 Å². The SMILES string of the molecule is CCOc1cc(C2=CCCCC2)c(C(=O)OC)n1Cc1cccs1. The summed E-state index contributed by atoms with van der Waals surface area (Å²) in [7, 11) is 1.43. The summed E-state index contributed by atoms with van der Waals surface area (Å²) < 4.78 is 12.9. The molecule has 4 nitrogen and oxygen atoms in total. The van der Waals surface area contributed by atoms with Crippen molar-refractivity contribution < 1.29 is 14.3 Å². The molecule has 0 aromatic carbocycles. The van der Waals surface area contributed by atoms with Crippen LogP contribution in [0.15, 0.2) is 29.7 Å². The first-order valence-corrected chi connectivity index (χ1v) is 9.29. The van der Waals surface area contributed by atoms with Crippen molar-refractivity contribution in [2.45, 2.75) is 39.2 Å². The van der Waals surface area contributed by atoms with Crippen LogP contribution < -0.4 is 4.74 Å². The highest BCUT2D eigenvalue weighted by molar-refractivity contribution is 7.09. The number of aromatic nitrogens is 1. The van der Waals surface area contributed by atoms with Crippen LogP contribution in [0.5, 0.6) is 5.88 Å². The molecule has 0 bridgehead atoms. The summed E-state index contributed by atoms with van der Waals surface area (Å²) in [5.74, 6) is 0.423. The monoisotopic (exact) mass is 345 g/mol. The molecule has 0 fully saturated rings. The highest BCUT2D eigenvalue weighted by Crippen LogP contribution is 2.35. The smallest absolute Gasteiger partial charge is 0.355 e. The van der Waals surface area contributed by atoms with Gasteiger partial charge in [-0.1, -0.05) is 12.1 Å². The Balaban J connectivity index is 2.10. The van der Waals surface area contributed by atoms with Crippen molar-refractivity contribution in [1.82, 2.24) is 4.57 Å². The van der Waals surface area contributed by atoms with E-state index >= 15 is 0 Å². The molecule has 0 radical (unpaired) electrons. The number of hydrogen-bond acceptors (Lipinski definition) is 4. The Morgan fingerprint density at radius 1 is 1.38 bits per heavy atom. The third-order valence-electron chi connectivity index (χ3n) is 4.26. The zero-order chi connectivity index (χ0) is 16.9. The summed E-state index contributed by atoms with van der Waals surface area (Å²) in [6.07, 6.45) is 6.68. The molecular formula is C19H23NO3S. The van der Waals surface area contributed by atoms with Crippen molar-refractivity contribution in [3.8, 4) is 5.88 Å². The number of carbonyl (C=O) groups is 1. The maximum absolute atomic E-state index is 12.5. The van der Waals surface area contributed by atoms with E-state index in [9.17, 15) is 4.79 Å². The summed E-state index contributed by atoms with van der Waals surface area (Å²) in [5, 5.41) is 2.04. The molecule has 0 amide bonds. The van der Waals surface area contributed by atoms with Crippen LogP contribution in [0, 0.1) is 0 Å². The van der Waals surface area contributed by atoms with Gasteiger partial charge in [0.05, 0.1) is 20.3 Å². The average molecular weight is 345 g/mol. The Morgan fingerprint density at radius 2 is 2.25 bits per heavy atom. The van der Waals surface area contributed by atoms with Crippen molar-refractivity contribution in [1.29, 1.82) is 0 Å². The fourth-order valence-corrected chi connectivity index (χ4v) is 3.85. The molecule has 1 aliphatic carbocycles. The highest BCUT2D eigenvalue weighted by atomic mass is 32.1. The average Bonchev–Trinajstić information content (AvgIpc) is 3.24. The maximum atomic E-state index is 12.5. The van der Waals surface area contributed by atoms with Gasteiger partial charge in [0, 0.05) is 16.5 Å². The summed E-state index contributed by atoms with van der Waals surface area (Å²) in [5.41, 5.74) is 2.79. The van der Waals surface area contributed by atoms with Crippen molar-refractivity contribution >= 4 is 22.9 Å². The molecule has 0 saturated heterocycles. The number of ether oxygens (including phenoxy) is 2. The minimum atomic E-state index is -0.306. The van der Waals surface area contributed by atoms with Gasteiger partial charge in [-0.2, -0.15) is 0 Å². The van der Waals surface area contributed by atoms with E-state index in [-0.39, 0.29) is 5.97 Å². The molecule has 5 heteroatoms. The third-order valence-corrected chi connectivity index (χ3v) is 5.12. The minimum absolute atomic E-state index is 0.306. The van der Waals surface area contributed by atoms with Crippen LogP contribution in [0.2, 0.25) is 0 Å². The van der Waals surface area contributed by atoms with Crippen LogP contribution in [0.3, 0.4) is 0 Å². The second kappa shape index (κ2) is 7.71. The topological polar surface area (TPSA) is 40.5 Å². The molecular weight excluding hydrogens is 322 g/mol. The molecule has 0 N–H and O–H groups in total. The Kier molecular flexibility index (Phi) is 5.41. The Bertz CT molecular complexity index is 728. The first-order chi connectivity index (χ1) is 11.7. The van der Waals surface area contributed by atoms with Crippen molar-refractivity contribution in [3.05, 3.63) is 45.8 Å². The number of nitrogens with zero attached hydrogens (tertiary/aromatic N) is 1. The van der Waals surface area contributed by atoms with Gasteiger partial charge in [-0.15, -0.1) is 11.3 Å². The van der Waals surface area contributed by atoms with Gasteiger partial charge in [0.25, 0.3) is 0 Å². The lowest BCUT2D eigenvalue weighted by molar-refractivity contribution is 0.0587. The molecule has 0 aliphatic heterocycles. The second-order valence-electron chi connectivity index (χ2n) is 5.81. The minimum Gasteiger partial charge on any atom is -0.479 e. The first-order valence-electron chi connectivity index (χ1n) is 8.41. The lowest BCUT2D eigenvalue weighted by atomic mass is 9.93. The fraction of sp³-hybridized carbons (Fsp3) is 0.421. The van der Waals surface area contributed by atoms with Crippen LogP contribution in [0.25, 0.3) is 5.57 Å². The third kappa shape index (κ3) is 3.41. The van der Waals surface area contributed by atoms with Gasteiger partial charge in [0.1, 0.15) is 5.69 Å². The molecule has 2 heterocycles. The quantitative estimate of drug-likeness (QED) is 0.710. The molecule has 2 aromatic heterocycles. The van der Waals surface area contributed by atoms with Gasteiger partial charge in [0.2, 0.25) is 0 Å². The molecule has 3 rings (SSSR count). The molecule has 24 heavy (non-hydrogen) atoms. The van der Waals surface area contributed by atoms with E-state index in [1.807, 2.05) is 29.0 Å². The van der Waals surface area contributed by atoms with Gasteiger partial charge in [0.15, 0.2) is 5.88 Å². The summed E-state index contributed by atoms with van der Waals surface area (Å²) in [6, 6.07) is 6.09. The Hall–Kier alpha value is -2.01. The van der Waals surface area contributed by atoms with Crippen LogP contribution in [0.4, 0.5) is 0 Å². The summed E-state index contributed by atoms with van der Waals surface area (Å²) in [6.45, 7) is 3.14. The molecule has 0 atom stereocenters. The number of rotatable bonds is 6. The van der Waals surface area contributed by atoms with Crippen LogP contribution in [0.1, 0.15) is 53.5 Å². The van der Waals surface area contributed by atoms with Crippen LogP contribution in [-0.4, -0.2) is 24.3 Å². The number of hydrogen-bond donors (Lipinski definition) is 0. The molecule has 128 valence electrons. The zero-order valence-corrected chi connectivity index (χ0v) is 15.0.